The van der Waals surface area contributed by atoms with Crippen molar-refractivity contribution in [3.63, 3.8) is 0 Å². The van der Waals surface area contributed by atoms with Crippen LogP contribution in [0.1, 0.15) is 24.2 Å². The van der Waals surface area contributed by atoms with E-state index in [1.165, 1.54) is 12.3 Å². The highest BCUT2D eigenvalue weighted by atomic mass is 16.4. The first kappa shape index (κ1) is 14.9. The predicted octanol–water partition coefficient (Wildman–Crippen LogP) is 1.08. The summed E-state index contributed by atoms with van der Waals surface area (Å²) >= 11 is 0. The first-order chi connectivity index (χ1) is 8.99. The van der Waals surface area contributed by atoms with Crippen LogP contribution in [0.5, 0.6) is 0 Å². The van der Waals surface area contributed by atoms with Gasteiger partial charge in [0.1, 0.15) is 5.82 Å². The molecule has 0 bridgehead atoms. The Hall–Kier alpha value is -2.11. The Morgan fingerprint density at radius 2 is 1.89 bits per heavy atom. The molecule has 1 aromatic heterocycles. The van der Waals surface area contributed by atoms with E-state index >= 15 is 0 Å². The molecule has 1 heterocycles. The summed E-state index contributed by atoms with van der Waals surface area (Å²) in [5.41, 5.74) is 0.132. The molecular formula is C13H19N3O3. The Bertz CT molecular complexity index is 441. The number of pyridine rings is 1. The summed E-state index contributed by atoms with van der Waals surface area (Å²) in [6.45, 7) is 5.44. The van der Waals surface area contributed by atoms with Gasteiger partial charge in [-0.3, -0.25) is 4.79 Å². The van der Waals surface area contributed by atoms with Gasteiger partial charge in [0.15, 0.2) is 0 Å². The lowest BCUT2D eigenvalue weighted by molar-refractivity contribution is -0.129. The maximum absolute atomic E-state index is 11.9. The fraction of sp³-hybridized carbons (Fsp3) is 0.462. The summed E-state index contributed by atoms with van der Waals surface area (Å²) in [4.78, 5) is 30.1. The molecule has 1 rings (SSSR count). The number of nitrogens with zero attached hydrogens (tertiary/aromatic N) is 3. The van der Waals surface area contributed by atoms with Crippen LogP contribution >= 0.6 is 0 Å². The van der Waals surface area contributed by atoms with Crippen LogP contribution in [0.2, 0.25) is 0 Å². The van der Waals surface area contributed by atoms with Crippen LogP contribution in [0.25, 0.3) is 0 Å². The van der Waals surface area contributed by atoms with E-state index in [-0.39, 0.29) is 18.0 Å². The van der Waals surface area contributed by atoms with E-state index in [9.17, 15) is 9.59 Å². The molecule has 1 amide bonds. The highest BCUT2D eigenvalue weighted by Gasteiger charge is 2.13. The van der Waals surface area contributed by atoms with Crippen molar-refractivity contribution >= 4 is 17.7 Å². The van der Waals surface area contributed by atoms with Gasteiger partial charge in [-0.1, -0.05) is 0 Å². The number of likely N-dealkylation sites (N-methyl/N-ethyl adjacent to an activating group) is 2. The molecule has 0 spiro atoms. The summed E-state index contributed by atoms with van der Waals surface area (Å²) in [6.07, 6.45) is 1.29. The smallest absolute Gasteiger partial charge is 0.337 e. The quantitative estimate of drug-likeness (QED) is 0.833. The molecule has 104 valence electrons. The fourth-order valence-electron chi connectivity index (χ4n) is 1.70. The highest BCUT2D eigenvalue weighted by molar-refractivity contribution is 5.87. The molecule has 6 nitrogen and oxygen atoms in total. The average molecular weight is 265 g/mol. The van der Waals surface area contributed by atoms with Crippen LogP contribution in [0.4, 0.5) is 5.82 Å². The summed E-state index contributed by atoms with van der Waals surface area (Å²) in [7, 11) is 1.75. The van der Waals surface area contributed by atoms with Crippen molar-refractivity contribution in [2.45, 2.75) is 13.8 Å². The van der Waals surface area contributed by atoms with E-state index < -0.39 is 5.97 Å². The van der Waals surface area contributed by atoms with E-state index in [0.717, 1.165) is 0 Å². The van der Waals surface area contributed by atoms with Crippen molar-refractivity contribution < 1.29 is 14.7 Å². The zero-order valence-corrected chi connectivity index (χ0v) is 11.5. The maximum atomic E-state index is 11.9. The van der Waals surface area contributed by atoms with Crippen LogP contribution in [0.15, 0.2) is 18.3 Å². The van der Waals surface area contributed by atoms with Crippen LogP contribution in [-0.4, -0.2) is 53.5 Å². The van der Waals surface area contributed by atoms with Crippen LogP contribution in [0.3, 0.4) is 0 Å². The summed E-state index contributed by atoms with van der Waals surface area (Å²) < 4.78 is 0. The number of aromatic nitrogens is 1. The van der Waals surface area contributed by atoms with Crippen molar-refractivity contribution in [1.29, 1.82) is 0 Å². The second-order valence-electron chi connectivity index (χ2n) is 4.13. The van der Waals surface area contributed by atoms with Crippen LogP contribution < -0.4 is 4.90 Å². The maximum Gasteiger partial charge on any atom is 0.337 e. The molecule has 1 N–H and O–H groups in total. The monoisotopic (exact) mass is 265 g/mol. The normalized spacial score (nSPS) is 10.1. The van der Waals surface area contributed by atoms with Gasteiger partial charge in [0.25, 0.3) is 0 Å². The first-order valence-corrected chi connectivity index (χ1v) is 6.17. The van der Waals surface area contributed by atoms with E-state index in [1.807, 2.05) is 13.8 Å². The number of carbonyl (C=O) groups is 2. The predicted molar refractivity (Wildman–Crippen MR) is 72.4 cm³/mol. The summed E-state index contributed by atoms with van der Waals surface area (Å²) in [6, 6.07) is 3.07. The molecule has 0 aliphatic heterocycles. The highest BCUT2D eigenvalue weighted by Crippen LogP contribution is 2.09. The number of anilines is 1. The average Bonchev–Trinajstić information content (AvgIpc) is 2.40. The summed E-state index contributed by atoms with van der Waals surface area (Å²) in [5.74, 6) is -0.414. The van der Waals surface area contributed by atoms with Crippen molar-refractivity contribution in [1.82, 2.24) is 9.88 Å². The third-order valence-corrected chi connectivity index (χ3v) is 2.87. The number of carboxylic acid groups (broad SMARTS) is 1. The molecule has 0 aliphatic rings. The number of aromatic carboxylic acids is 1. The molecular weight excluding hydrogens is 246 g/mol. The van der Waals surface area contributed by atoms with Gasteiger partial charge in [0.2, 0.25) is 5.91 Å². The van der Waals surface area contributed by atoms with Gasteiger partial charge >= 0.3 is 5.97 Å². The van der Waals surface area contributed by atoms with Gasteiger partial charge in [0.05, 0.1) is 12.1 Å². The minimum absolute atomic E-state index is 0.0246. The summed E-state index contributed by atoms with van der Waals surface area (Å²) in [5, 5.41) is 8.78. The minimum Gasteiger partial charge on any atom is -0.478 e. The number of hydrogen-bond donors (Lipinski definition) is 1. The Labute approximate surface area is 112 Å². The molecule has 0 radical (unpaired) electrons. The number of carboxylic acids is 1. The largest absolute Gasteiger partial charge is 0.478 e. The molecule has 0 fully saturated rings. The van der Waals surface area contributed by atoms with Crippen LogP contribution in [-0.2, 0) is 4.79 Å². The van der Waals surface area contributed by atoms with Crippen molar-refractivity contribution in [2.75, 3.05) is 31.6 Å². The Morgan fingerprint density at radius 1 is 1.26 bits per heavy atom. The second-order valence-corrected chi connectivity index (χ2v) is 4.13. The topological polar surface area (TPSA) is 73.7 Å². The van der Waals surface area contributed by atoms with Crippen LogP contribution in [0, 0.1) is 0 Å². The third kappa shape index (κ3) is 3.94. The van der Waals surface area contributed by atoms with Gasteiger partial charge in [-0.25, -0.2) is 9.78 Å². The number of hydrogen-bond acceptors (Lipinski definition) is 4. The van der Waals surface area contributed by atoms with Gasteiger partial charge in [-0.15, -0.1) is 0 Å². The van der Waals surface area contributed by atoms with Gasteiger partial charge < -0.3 is 14.9 Å². The molecule has 0 aliphatic carbocycles. The SMILES string of the molecule is CCN(CC)C(=O)CN(C)c1ccc(C(=O)O)cn1. The lowest BCUT2D eigenvalue weighted by Gasteiger charge is -2.23. The molecule has 0 saturated carbocycles. The van der Waals surface area contributed by atoms with Gasteiger partial charge in [-0.2, -0.15) is 0 Å². The Balaban J connectivity index is 2.70. The number of amides is 1. The molecule has 0 atom stereocenters. The zero-order valence-electron chi connectivity index (χ0n) is 11.5. The molecule has 19 heavy (non-hydrogen) atoms. The lowest BCUT2D eigenvalue weighted by atomic mass is 10.3. The number of carbonyl (C=O) groups excluding carboxylic acids is 1. The van der Waals surface area contributed by atoms with E-state index in [1.54, 1.807) is 22.9 Å². The van der Waals surface area contributed by atoms with Crippen molar-refractivity contribution in [3.8, 4) is 0 Å². The molecule has 0 aromatic carbocycles. The van der Waals surface area contributed by atoms with E-state index in [2.05, 4.69) is 4.98 Å². The molecule has 0 unspecified atom stereocenters. The molecule has 6 heteroatoms. The van der Waals surface area contributed by atoms with Crippen molar-refractivity contribution in [2.24, 2.45) is 0 Å². The minimum atomic E-state index is -1.01. The van der Waals surface area contributed by atoms with E-state index in [4.69, 9.17) is 5.11 Å². The Morgan fingerprint density at radius 3 is 2.32 bits per heavy atom. The first-order valence-electron chi connectivity index (χ1n) is 6.17. The fourth-order valence-corrected chi connectivity index (χ4v) is 1.70. The standard InChI is InChI=1S/C13H19N3O3/c1-4-16(5-2)12(17)9-15(3)11-7-6-10(8-14-11)13(18)19/h6-8H,4-5,9H2,1-3H3,(H,18,19). The molecule has 1 aromatic rings. The van der Waals surface area contributed by atoms with E-state index in [0.29, 0.717) is 18.9 Å². The van der Waals surface area contributed by atoms with Gasteiger partial charge in [-0.05, 0) is 26.0 Å². The lowest BCUT2D eigenvalue weighted by Crippen LogP contribution is -2.39. The molecule has 0 saturated heterocycles. The Kier molecular flexibility index (Phi) is 5.29. The van der Waals surface area contributed by atoms with Gasteiger partial charge in [0, 0.05) is 26.3 Å². The zero-order chi connectivity index (χ0) is 14.4. The second kappa shape index (κ2) is 6.72. The van der Waals surface area contributed by atoms with Crippen molar-refractivity contribution in [3.05, 3.63) is 23.9 Å². The third-order valence-electron chi connectivity index (χ3n) is 2.87. The number of rotatable bonds is 6.